The summed E-state index contributed by atoms with van der Waals surface area (Å²) in [5.41, 5.74) is 0. The van der Waals surface area contributed by atoms with E-state index in [-0.39, 0.29) is 12.6 Å². The Labute approximate surface area is 95.8 Å². The second-order valence-corrected chi connectivity index (χ2v) is 4.24. The molecule has 1 aliphatic rings. The monoisotopic (exact) mass is 228 g/mol. The number of nitrogens with one attached hydrogen (secondary N) is 1. The third-order valence-electron chi connectivity index (χ3n) is 3.10. The molecule has 1 fully saturated rings. The van der Waals surface area contributed by atoms with Crippen LogP contribution in [0.5, 0.6) is 0 Å². The van der Waals surface area contributed by atoms with Crippen LogP contribution in [-0.4, -0.2) is 41.6 Å². The lowest BCUT2D eigenvalue weighted by Gasteiger charge is -2.20. The fourth-order valence-corrected chi connectivity index (χ4v) is 2.04. The number of carboxylic acid groups (broad SMARTS) is 1. The number of rotatable bonds is 3. The number of carbonyl (C=O) groups is 2. The highest BCUT2D eigenvalue weighted by Crippen LogP contribution is 2.19. The number of amides is 2. The molecule has 1 heterocycles. The number of urea groups is 1. The van der Waals surface area contributed by atoms with Crippen molar-refractivity contribution in [1.82, 2.24) is 10.2 Å². The topological polar surface area (TPSA) is 69.6 Å². The molecule has 0 saturated carbocycles. The molecule has 0 bridgehead atoms. The van der Waals surface area contributed by atoms with Crippen LogP contribution in [0.4, 0.5) is 4.79 Å². The predicted octanol–water partition coefficient (Wildman–Crippen LogP) is 1.29. The van der Waals surface area contributed by atoms with Crippen LogP contribution < -0.4 is 5.32 Å². The summed E-state index contributed by atoms with van der Waals surface area (Å²) in [6.07, 6.45) is 4.36. The molecule has 1 atom stereocenters. The summed E-state index contributed by atoms with van der Waals surface area (Å²) < 4.78 is 0. The number of aliphatic carboxylic acids is 1. The molecular formula is C11H20N2O3. The Morgan fingerprint density at radius 3 is 2.75 bits per heavy atom. The molecule has 5 nitrogen and oxygen atoms in total. The average Bonchev–Trinajstić information content (AvgIpc) is 2.50. The van der Waals surface area contributed by atoms with E-state index in [9.17, 15) is 9.59 Å². The number of hydrogen-bond donors (Lipinski definition) is 2. The van der Waals surface area contributed by atoms with Gasteiger partial charge in [-0.1, -0.05) is 13.3 Å². The van der Waals surface area contributed by atoms with Crippen LogP contribution in [0.2, 0.25) is 0 Å². The first-order chi connectivity index (χ1) is 7.63. The Kier molecular flexibility index (Phi) is 5.08. The summed E-state index contributed by atoms with van der Waals surface area (Å²) in [6.45, 7) is 3.35. The summed E-state index contributed by atoms with van der Waals surface area (Å²) in [5.74, 6) is -0.299. The molecule has 2 amide bonds. The van der Waals surface area contributed by atoms with E-state index in [1.54, 1.807) is 4.90 Å². The van der Waals surface area contributed by atoms with Gasteiger partial charge in [0.25, 0.3) is 0 Å². The van der Waals surface area contributed by atoms with E-state index in [0.717, 1.165) is 32.4 Å². The molecule has 0 spiro atoms. The van der Waals surface area contributed by atoms with Crippen molar-refractivity contribution in [2.24, 2.45) is 5.92 Å². The lowest BCUT2D eigenvalue weighted by atomic mass is 9.98. The van der Waals surface area contributed by atoms with E-state index < -0.39 is 5.97 Å². The lowest BCUT2D eigenvalue weighted by molar-refractivity contribution is -0.135. The van der Waals surface area contributed by atoms with Gasteiger partial charge in [-0.15, -0.1) is 0 Å². The first-order valence-corrected chi connectivity index (χ1v) is 5.88. The zero-order chi connectivity index (χ0) is 12.0. The van der Waals surface area contributed by atoms with E-state index >= 15 is 0 Å². The minimum absolute atomic E-state index is 0.251. The highest BCUT2D eigenvalue weighted by atomic mass is 16.4. The number of carboxylic acids is 1. The highest BCUT2D eigenvalue weighted by molar-refractivity contribution is 5.79. The van der Waals surface area contributed by atoms with E-state index in [0.29, 0.717) is 5.92 Å². The third kappa shape index (κ3) is 4.08. The maximum atomic E-state index is 11.6. The van der Waals surface area contributed by atoms with Gasteiger partial charge in [0.15, 0.2) is 0 Å². The van der Waals surface area contributed by atoms with E-state index in [1.165, 1.54) is 6.42 Å². The SMILES string of the molecule is CCC1CCCN(C(=O)NCC(=O)O)CC1. The van der Waals surface area contributed by atoms with Crippen LogP contribution in [0, 0.1) is 5.92 Å². The second kappa shape index (κ2) is 6.35. The van der Waals surface area contributed by atoms with Gasteiger partial charge in [-0.25, -0.2) is 4.79 Å². The van der Waals surface area contributed by atoms with Crippen LogP contribution in [0.3, 0.4) is 0 Å². The minimum Gasteiger partial charge on any atom is -0.480 e. The fraction of sp³-hybridized carbons (Fsp3) is 0.818. The Morgan fingerprint density at radius 2 is 2.12 bits per heavy atom. The van der Waals surface area contributed by atoms with Gasteiger partial charge in [-0.2, -0.15) is 0 Å². The van der Waals surface area contributed by atoms with Gasteiger partial charge in [0.05, 0.1) is 0 Å². The van der Waals surface area contributed by atoms with Gasteiger partial charge in [0.1, 0.15) is 6.54 Å². The molecule has 0 aromatic carbocycles. The van der Waals surface area contributed by atoms with Crippen molar-refractivity contribution in [3.8, 4) is 0 Å². The van der Waals surface area contributed by atoms with Gasteiger partial charge in [0, 0.05) is 13.1 Å². The molecule has 0 aromatic rings. The maximum Gasteiger partial charge on any atom is 0.323 e. The van der Waals surface area contributed by atoms with Crippen molar-refractivity contribution in [2.45, 2.75) is 32.6 Å². The van der Waals surface area contributed by atoms with Gasteiger partial charge in [0.2, 0.25) is 0 Å². The smallest absolute Gasteiger partial charge is 0.323 e. The number of carbonyl (C=O) groups excluding carboxylic acids is 1. The van der Waals surface area contributed by atoms with Gasteiger partial charge in [-0.05, 0) is 25.2 Å². The third-order valence-corrected chi connectivity index (χ3v) is 3.10. The number of hydrogen-bond acceptors (Lipinski definition) is 2. The zero-order valence-corrected chi connectivity index (χ0v) is 9.74. The second-order valence-electron chi connectivity index (χ2n) is 4.24. The standard InChI is InChI=1S/C11H20N2O3/c1-2-9-4-3-6-13(7-5-9)11(16)12-8-10(14)15/h9H,2-8H2,1H3,(H,12,16)(H,14,15). The van der Waals surface area contributed by atoms with Crippen molar-refractivity contribution in [2.75, 3.05) is 19.6 Å². The zero-order valence-electron chi connectivity index (χ0n) is 9.74. The van der Waals surface area contributed by atoms with E-state index in [4.69, 9.17) is 5.11 Å². The largest absolute Gasteiger partial charge is 0.480 e. The Hall–Kier alpha value is -1.26. The van der Waals surface area contributed by atoms with Crippen molar-refractivity contribution in [1.29, 1.82) is 0 Å². The number of nitrogens with zero attached hydrogens (tertiary/aromatic N) is 1. The molecule has 1 rings (SSSR count). The molecule has 2 N–H and O–H groups in total. The predicted molar refractivity (Wildman–Crippen MR) is 60.2 cm³/mol. The van der Waals surface area contributed by atoms with E-state index in [2.05, 4.69) is 12.2 Å². The van der Waals surface area contributed by atoms with Crippen molar-refractivity contribution in [3.05, 3.63) is 0 Å². The highest BCUT2D eigenvalue weighted by Gasteiger charge is 2.19. The summed E-state index contributed by atoms with van der Waals surface area (Å²) in [5, 5.41) is 10.9. The molecule has 0 radical (unpaired) electrons. The molecule has 16 heavy (non-hydrogen) atoms. The van der Waals surface area contributed by atoms with Crippen molar-refractivity contribution in [3.63, 3.8) is 0 Å². The molecule has 0 aromatic heterocycles. The summed E-state index contributed by atoms with van der Waals surface area (Å²) in [6, 6.07) is -0.251. The van der Waals surface area contributed by atoms with Crippen LogP contribution in [0.1, 0.15) is 32.6 Å². The van der Waals surface area contributed by atoms with Crippen LogP contribution in [-0.2, 0) is 4.79 Å². The molecule has 0 aliphatic carbocycles. The van der Waals surface area contributed by atoms with Crippen molar-refractivity contribution >= 4 is 12.0 Å². The van der Waals surface area contributed by atoms with E-state index in [1.807, 2.05) is 0 Å². The maximum absolute atomic E-state index is 11.6. The summed E-state index contributed by atoms with van der Waals surface area (Å²) in [4.78, 5) is 23.6. The van der Waals surface area contributed by atoms with Crippen LogP contribution >= 0.6 is 0 Å². The van der Waals surface area contributed by atoms with Crippen LogP contribution in [0.25, 0.3) is 0 Å². The Balaban J connectivity index is 2.35. The molecule has 1 unspecified atom stereocenters. The Morgan fingerprint density at radius 1 is 1.38 bits per heavy atom. The first-order valence-electron chi connectivity index (χ1n) is 5.88. The van der Waals surface area contributed by atoms with Crippen LogP contribution in [0.15, 0.2) is 0 Å². The van der Waals surface area contributed by atoms with Gasteiger partial charge < -0.3 is 15.3 Å². The molecule has 1 saturated heterocycles. The molecule has 1 aliphatic heterocycles. The average molecular weight is 228 g/mol. The van der Waals surface area contributed by atoms with Gasteiger partial charge in [-0.3, -0.25) is 4.79 Å². The quantitative estimate of drug-likeness (QED) is 0.764. The molecule has 92 valence electrons. The lowest BCUT2D eigenvalue weighted by Crippen LogP contribution is -2.42. The molecular weight excluding hydrogens is 208 g/mol. The summed E-state index contributed by atoms with van der Waals surface area (Å²) in [7, 11) is 0. The fourth-order valence-electron chi connectivity index (χ4n) is 2.04. The summed E-state index contributed by atoms with van der Waals surface area (Å²) >= 11 is 0. The minimum atomic E-state index is -1.00. The Bertz CT molecular complexity index is 256. The van der Waals surface area contributed by atoms with Crippen molar-refractivity contribution < 1.29 is 14.7 Å². The first kappa shape index (κ1) is 12.8. The normalized spacial score (nSPS) is 21.3. The number of likely N-dealkylation sites (tertiary alicyclic amines) is 1. The molecule has 5 heteroatoms. The van der Waals surface area contributed by atoms with Gasteiger partial charge >= 0.3 is 12.0 Å².